The van der Waals surface area contributed by atoms with E-state index in [2.05, 4.69) is 25.9 Å². The highest BCUT2D eigenvalue weighted by atomic mass is 16.5. The molecule has 2 N–H and O–H groups in total. The number of piperazine rings is 1. The van der Waals surface area contributed by atoms with E-state index in [9.17, 15) is 5.11 Å². The maximum absolute atomic E-state index is 10.6. The van der Waals surface area contributed by atoms with E-state index in [1.807, 2.05) is 24.3 Å². The van der Waals surface area contributed by atoms with Gasteiger partial charge < -0.3 is 25.0 Å². The maximum Gasteiger partial charge on any atom is 0.318 e. The molecule has 2 unspecified atom stereocenters. The van der Waals surface area contributed by atoms with Crippen molar-refractivity contribution in [1.29, 1.82) is 0 Å². The zero-order chi connectivity index (χ0) is 27.6. The Bertz CT molecular complexity index is 1530. The van der Waals surface area contributed by atoms with Gasteiger partial charge in [0.2, 0.25) is 0 Å². The lowest BCUT2D eigenvalue weighted by molar-refractivity contribution is 0.107. The number of rotatable bonds is 5. The van der Waals surface area contributed by atoms with Crippen LogP contribution < -0.4 is 19.9 Å². The summed E-state index contributed by atoms with van der Waals surface area (Å²) in [6, 6.07) is 11.1. The number of anilines is 2. The van der Waals surface area contributed by atoms with Crippen LogP contribution in [0, 0.1) is 12.3 Å². The van der Waals surface area contributed by atoms with Gasteiger partial charge in [-0.1, -0.05) is 18.1 Å². The first kappa shape index (κ1) is 25.2. The lowest BCUT2D eigenvalue weighted by Crippen LogP contribution is -2.52. The highest BCUT2D eigenvalue weighted by Gasteiger charge is 2.45. The largest absolute Gasteiger partial charge is 0.508 e. The molecule has 0 aliphatic carbocycles. The Hall–Kier alpha value is -3.54. The monoisotopic (exact) mass is 550 g/mol. The van der Waals surface area contributed by atoms with E-state index in [0.29, 0.717) is 31.2 Å². The SMILES string of the molecule is C#Cc1cccc2cc(O)cc(N3CCc4c(nc(OCC56CCCN5CCC6)nc4N4CC5CCC(C4)N5)C3)c12. The highest BCUT2D eigenvalue weighted by molar-refractivity contribution is 6.00. The molecule has 0 spiro atoms. The number of benzene rings is 2. The van der Waals surface area contributed by atoms with Crippen molar-refractivity contribution in [3.8, 4) is 24.1 Å². The molecule has 2 aromatic carbocycles. The third-order valence-electron chi connectivity index (χ3n) is 10.3. The van der Waals surface area contributed by atoms with Crippen LogP contribution in [-0.2, 0) is 13.0 Å². The fourth-order valence-electron chi connectivity index (χ4n) is 8.31. The number of terminal acetylenes is 1. The average molecular weight is 551 g/mol. The summed E-state index contributed by atoms with van der Waals surface area (Å²) in [5.41, 5.74) is 4.19. The zero-order valence-corrected chi connectivity index (χ0v) is 23.6. The Morgan fingerprint density at radius 2 is 1.85 bits per heavy atom. The molecule has 41 heavy (non-hydrogen) atoms. The molecule has 6 heterocycles. The van der Waals surface area contributed by atoms with Gasteiger partial charge in [0.1, 0.15) is 18.2 Å². The quantitative estimate of drug-likeness (QED) is 0.465. The molecule has 8 nitrogen and oxygen atoms in total. The second kappa shape index (κ2) is 9.78. The number of nitrogens with zero attached hydrogens (tertiary/aromatic N) is 5. The van der Waals surface area contributed by atoms with Crippen molar-refractivity contribution >= 4 is 22.3 Å². The normalized spacial score (nSPS) is 24.9. The Morgan fingerprint density at radius 1 is 1.05 bits per heavy atom. The molecule has 0 amide bonds. The number of hydrogen-bond donors (Lipinski definition) is 2. The zero-order valence-electron chi connectivity index (χ0n) is 23.6. The van der Waals surface area contributed by atoms with Crippen LogP contribution in [0.1, 0.15) is 55.3 Å². The Morgan fingerprint density at radius 3 is 2.63 bits per heavy atom. The number of phenolic OH excluding ortho intramolecular Hbond substituents is 1. The Labute approximate surface area is 241 Å². The van der Waals surface area contributed by atoms with Gasteiger partial charge in [0, 0.05) is 60.0 Å². The Balaban J connectivity index is 1.16. The van der Waals surface area contributed by atoms with Gasteiger partial charge in [-0.3, -0.25) is 4.90 Å². The smallest absolute Gasteiger partial charge is 0.318 e. The van der Waals surface area contributed by atoms with Crippen LogP contribution in [0.3, 0.4) is 0 Å². The fraction of sp³-hybridized carbons (Fsp3) is 0.515. The minimum atomic E-state index is 0.145. The number of hydrogen-bond acceptors (Lipinski definition) is 8. The molecular weight excluding hydrogens is 512 g/mol. The first-order chi connectivity index (χ1) is 20.1. The van der Waals surface area contributed by atoms with E-state index >= 15 is 0 Å². The van der Waals surface area contributed by atoms with E-state index in [1.54, 1.807) is 6.07 Å². The molecule has 1 aromatic heterocycles. The molecule has 212 valence electrons. The van der Waals surface area contributed by atoms with Gasteiger partial charge >= 0.3 is 6.01 Å². The third kappa shape index (κ3) is 4.29. The average Bonchev–Trinajstić information content (AvgIpc) is 3.68. The fourth-order valence-corrected chi connectivity index (χ4v) is 8.31. The molecule has 0 saturated carbocycles. The van der Waals surface area contributed by atoms with E-state index in [-0.39, 0.29) is 11.3 Å². The van der Waals surface area contributed by atoms with Gasteiger partial charge in [0.05, 0.1) is 17.8 Å². The summed E-state index contributed by atoms with van der Waals surface area (Å²) in [5, 5.41) is 16.3. The predicted molar refractivity (Wildman–Crippen MR) is 161 cm³/mol. The summed E-state index contributed by atoms with van der Waals surface area (Å²) < 4.78 is 6.54. The van der Waals surface area contributed by atoms with Crippen molar-refractivity contribution < 1.29 is 9.84 Å². The minimum absolute atomic E-state index is 0.145. The van der Waals surface area contributed by atoms with Crippen LogP contribution in [0.15, 0.2) is 30.3 Å². The summed E-state index contributed by atoms with van der Waals surface area (Å²) >= 11 is 0. The predicted octanol–water partition coefficient (Wildman–Crippen LogP) is 3.83. The highest BCUT2D eigenvalue weighted by Crippen LogP contribution is 2.41. The van der Waals surface area contributed by atoms with Crippen molar-refractivity contribution in [2.45, 2.75) is 69.1 Å². The van der Waals surface area contributed by atoms with Gasteiger partial charge in [0.25, 0.3) is 0 Å². The molecule has 0 radical (unpaired) electrons. The van der Waals surface area contributed by atoms with E-state index in [1.165, 1.54) is 57.2 Å². The van der Waals surface area contributed by atoms with Crippen LogP contribution in [0.4, 0.5) is 11.5 Å². The third-order valence-corrected chi connectivity index (χ3v) is 10.3. The molecular formula is C33H38N6O2. The molecule has 4 fully saturated rings. The van der Waals surface area contributed by atoms with Crippen molar-refractivity contribution in [3.63, 3.8) is 0 Å². The molecule has 3 aromatic rings. The van der Waals surface area contributed by atoms with Crippen LogP contribution in [0.25, 0.3) is 10.8 Å². The van der Waals surface area contributed by atoms with Crippen LogP contribution in [0.5, 0.6) is 11.8 Å². The summed E-state index contributed by atoms with van der Waals surface area (Å²) in [5.74, 6) is 4.15. The number of ether oxygens (including phenoxy) is 1. The van der Waals surface area contributed by atoms with Crippen LogP contribution in [0.2, 0.25) is 0 Å². The molecule has 8 heteroatoms. The van der Waals surface area contributed by atoms with Gasteiger partial charge in [-0.15, -0.1) is 6.42 Å². The Kier molecular flexibility index (Phi) is 6.01. The van der Waals surface area contributed by atoms with Crippen molar-refractivity contribution in [1.82, 2.24) is 20.2 Å². The van der Waals surface area contributed by atoms with Crippen molar-refractivity contribution in [3.05, 3.63) is 47.2 Å². The second-order valence-electron chi connectivity index (χ2n) is 12.7. The van der Waals surface area contributed by atoms with Crippen molar-refractivity contribution in [2.75, 3.05) is 49.1 Å². The number of aromatic hydroxyl groups is 1. The second-order valence-corrected chi connectivity index (χ2v) is 12.7. The standard InChI is InChI=1S/C33H38N6O2/c1-2-22-6-3-7-23-16-26(40)17-29(30(22)23)37-15-10-27-28(20-37)35-32(41-21-33-11-4-13-39(33)14-5-12-33)36-31(27)38-18-24-8-9-25(19-38)34-24/h1,3,6-7,16-17,24-25,34,40H,4-5,8-15,18-21H2. The summed E-state index contributed by atoms with van der Waals surface area (Å²) in [7, 11) is 0. The first-order valence-corrected chi connectivity index (χ1v) is 15.3. The van der Waals surface area contributed by atoms with E-state index in [0.717, 1.165) is 59.6 Å². The van der Waals surface area contributed by atoms with Gasteiger partial charge in [0.15, 0.2) is 0 Å². The molecule has 5 aliphatic heterocycles. The van der Waals surface area contributed by atoms with Gasteiger partial charge in [-0.05, 0) is 75.6 Å². The molecule has 5 aliphatic rings. The lowest BCUT2D eigenvalue weighted by atomic mass is 9.95. The number of aromatic nitrogens is 2. The summed E-state index contributed by atoms with van der Waals surface area (Å²) in [6.45, 7) is 6.38. The van der Waals surface area contributed by atoms with Crippen molar-refractivity contribution in [2.24, 2.45) is 0 Å². The van der Waals surface area contributed by atoms with Gasteiger partial charge in [-0.25, -0.2) is 0 Å². The molecule has 4 saturated heterocycles. The van der Waals surface area contributed by atoms with E-state index < -0.39 is 0 Å². The first-order valence-electron chi connectivity index (χ1n) is 15.3. The molecule has 2 bridgehead atoms. The number of nitrogens with one attached hydrogen (secondary N) is 1. The molecule has 8 rings (SSSR count). The van der Waals surface area contributed by atoms with Crippen LogP contribution >= 0.6 is 0 Å². The van der Waals surface area contributed by atoms with Crippen LogP contribution in [-0.4, -0.2) is 76.9 Å². The van der Waals surface area contributed by atoms with Gasteiger partial charge in [-0.2, -0.15) is 9.97 Å². The number of fused-ring (bicyclic) bond motifs is 5. The summed E-state index contributed by atoms with van der Waals surface area (Å²) in [4.78, 5) is 17.6. The van der Waals surface area contributed by atoms with E-state index in [4.69, 9.17) is 21.1 Å². The topological polar surface area (TPSA) is 77.0 Å². The maximum atomic E-state index is 10.6. The lowest BCUT2D eigenvalue weighted by Gasteiger charge is -2.38. The minimum Gasteiger partial charge on any atom is -0.508 e. The number of phenols is 1. The summed E-state index contributed by atoms with van der Waals surface area (Å²) in [6.07, 6.45) is 14.1. The molecule has 2 atom stereocenters.